The number of hydrogen-bond acceptors (Lipinski definition) is 17. The summed E-state index contributed by atoms with van der Waals surface area (Å²) < 4.78 is 108. The van der Waals surface area contributed by atoms with Crippen LogP contribution in [0.3, 0.4) is 0 Å². The van der Waals surface area contributed by atoms with Crippen molar-refractivity contribution in [3.05, 3.63) is 119 Å². The Kier molecular flexibility index (Phi) is 23.6. The van der Waals surface area contributed by atoms with Gasteiger partial charge in [-0.25, -0.2) is 8.42 Å². The van der Waals surface area contributed by atoms with Crippen molar-refractivity contribution in [1.29, 1.82) is 0 Å². The average Bonchev–Trinajstić information content (AvgIpc) is 2.59. The lowest BCUT2D eigenvalue weighted by Gasteiger charge is -2.39. The number of sulfone groups is 1. The molecule has 4 aromatic rings. The molecule has 0 radical (unpaired) electrons. The van der Waals surface area contributed by atoms with Crippen LogP contribution in [0.1, 0.15) is 97.0 Å². The number of rotatable bonds is 25. The third-order valence-electron chi connectivity index (χ3n) is 15.1. The molecule has 0 unspecified atom stereocenters. The van der Waals surface area contributed by atoms with Crippen LogP contribution < -0.4 is 14.9 Å². The van der Waals surface area contributed by atoms with Crippen LogP contribution in [0.5, 0.6) is 0 Å². The molecule has 1 amide bonds. The fraction of sp³-hybridized carbons (Fsp3) is 0.525. The fourth-order valence-corrected chi connectivity index (χ4v) is 14.0. The van der Waals surface area contributed by atoms with Crippen molar-refractivity contribution >= 4 is 87.5 Å². The number of nitrogens with zero attached hydrogens (tertiary/aromatic N) is 4. The maximum absolute atomic E-state index is 14.5. The van der Waals surface area contributed by atoms with E-state index in [9.17, 15) is 40.5 Å². The molecular weight excluding hydrogens is 1200 g/mol. The van der Waals surface area contributed by atoms with Crippen molar-refractivity contribution in [2.45, 2.75) is 107 Å². The Morgan fingerprint density at radius 1 is 0.741 bits per heavy atom. The second-order valence-electron chi connectivity index (χ2n) is 24.5. The van der Waals surface area contributed by atoms with Crippen molar-refractivity contribution in [2.24, 2.45) is 16.2 Å². The van der Waals surface area contributed by atoms with Gasteiger partial charge in [-0.3, -0.25) is 37.6 Å². The van der Waals surface area contributed by atoms with Crippen LogP contribution >= 0.6 is 42.9 Å². The number of allylic oxidation sites excluding steroid dienone is 1. The number of carbonyl (C=O) groups excluding carboxylic acids is 3. The van der Waals surface area contributed by atoms with Crippen LogP contribution in [0.2, 0.25) is 5.02 Å². The number of nitrogens with one attached hydrogen (secondary N) is 2. The molecule has 7 rings (SSSR count). The van der Waals surface area contributed by atoms with Gasteiger partial charge in [0.1, 0.15) is 4.90 Å². The number of amides is 1. The van der Waals surface area contributed by atoms with Crippen LogP contribution in [-0.2, 0) is 42.5 Å². The predicted octanol–water partition coefficient (Wildman–Crippen LogP) is 12.8. The van der Waals surface area contributed by atoms with Gasteiger partial charge in [-0.05, 0) is 162 Å². The molecule has 1 atom stereocenters. The summed E-state index contributed by atoms with van der Waals surface area (Å²) in [4.78, 5) is 47.3. The highest BCUT2D eigenvalue weighted by molar-refractivity contribution is 7.99. The first-order valence-electron chi connectivity index (χ1n) is 28.6. The van der Waals surface area contributed by atoms with Crippen molar-refractivity contribution in [1.82, 2.24) is 19.4 Å². The number of benzene rings is 4. The highest BCUT2D eigenvalue weighted by Gasteiger charge is 2.48. The molecule has 2 saturated heterocycles. The van der Waals surface area contributed by atoms with Gasteiger partial charge in [0.25, 0.3) is 15.7 Å². The molecule has 4 aromatic carbocycles. The van der Waals surface area contributed by atoms with E-state index in [1.165, 1.54) is 40.6 Å². The number of alkyl halides is 3. The lowest BCUT2D eigenvalue weighted by Crippen LogP contribution is -2.48. The van der Waals surface area contributed by atoms with E-state index >= 15 is 0 Å². The molecule has 0 spiro atoms. The van der Waals surface area contributed by atoms with Gasteiger partial charge in [0.2, 0.25) is 13.6 Å². The first kappa shape index (κ1) is 67.9. The van der Waals surface area contributed by atoms with E-state index in [-0.39, 0.29) is 28.7 Å². The zero-order chi connectivity index (χ0) is 61.8. The molecule has 0 bridgehead atoms. The summed E-state index contributed by atoms with van der Waals surface area (Å²) in [5.74, 6) is -1.25. The Morgan fingerprint density at radius 3 is 1.89 bits per heavy atom. The van der Waals surface area contributed by atoms with Gasteiger partial charge in [-0.1, -0.05) is 61.4 Å². The molecule has 2 fully saturated rings. The molecule has 0 saturated carbocycles. The second-order valence-corrected chi connectivity index (χ2v) is 31.0. The third kappa shape index (κ3) is 20.2. The minimum atomic E-state index is -5.87. The number of thioether (sulfide) groups is 1. The quantitative estimate of drug-likeness (QED) is 0.0210. The van der Waals surface area contributed by atoms with Gasteiger partial charge < -0.3 is 29.5 Å². The van der Waals surface area contributed by atoms with Crippen molar-refractivity contribution in [3.63, 3.8) is 0 Å². The van der Waals surface area contributed by atoms with Crippen LogP contribution in [0.15, 0.2) is 117 Å². The lowest BCUT2D eigenvalue weighted by molar-refractivity contribution is -0.162. The van der Waals surface area contributed by atoms with E-state index in [0.29, 0.717) is 50.5 Å². The maximum Gasteiger partial charge on any atom is 0.501 e. The molecule has 2 N–H and O–H groups in total. The van der Waals surface area contributed by atoms with E-state index in [1.54, 1.807) is 53.7 Å². The Bertz CT molecular complexity index is 3060. The largest absolute Gasteiger partial charge is 0.501 e. The average molecular weight is 1280 g/mol. The highest BCUT2D eigenvalue weighted by atomic mass is 35.5. The first-order chi connectivity index (χ1) is 40.0. The molecule has 24 heteroatoms. The molecule has 0 aromatic heterocycles. The summed E-state index contributed by atoms with van der Waals surface area (Å²) in [6, 6.07) is 28.0. The number of carbonyl (C=O) groups is 3. The zero-order valence-electron chi connectivity index (χ0n) is 49.8. The smallest absolute Gasteiger partial charge is 0.438 e. The molecular formula is C61H81ClF3N6O10PS3. The van der Waals surface area contributed by atoms with E-state index in [2.05, 4.69) is 55.6 Å². The first-order valence-corrected chi connectivity index (χ1v) is 33.9. The maximum atomic E-state index is 14.5. The van der Waals surface area contributed by atoms with Gasteiger partial charge in [0.05, 0.1) is 22.7 Å². The zero-order valence-corrected chi connectivity index (χ0v) is 53.9. The standard InChI is InChI=1S/C61H81ClF3N6O10PS3/c1-58(2,3)56(73)78-42-80-82(75,81-43-79-57(74)59(4,5)6)37-36-69-30-28-68(29-31-69)27-25-48(41-83-50-12-10-9-11-13-50)66-53-23-22-51(38-54(53)85(76,77)61(63,64)65)84-67-55(72)45-16-20-49(21-17-45)71-34-32-70(33-35-71)40-46-39-60(7,8)26-24-52(46)44-14-18-47(62)19-15-44/h9-23,38,48,66H,24-37,39-43H2,1-8H3,(H,67,72)/t48-/m1/s1. The van der Waals surface area contributed by atoms with Gasteiger partial charge in [-0.2, -0.15) is 13.2 Å². The van der Waals surface area contributed by atoms with Crippen LogP contribution in [-0.4, -0.2) is 150 Å². The predicted molar refractivity (Wildman–Crippen MR) is 332 cm³/mol. The summed E-state index contributed by atoms with van der Waals surface area (Å²) in [7, 11) is -9.82. The lowest BCUT2D eigenvalue weighted by atomic mass is 9.73. The van der Waals surface area contributed by atoms with Gasteiger partial charge in [-0.15, -0.1) is 11.8 Å². The number of esters is 2. The number of halogens is 4. The minimum absolute atomic E-state index is 0.0829. The SMILES string of the molecule is CC1(C)CCC(c2ccc(Cl)cc2)=C(CN2CCN(c3ccc(C(=O)NSc4ccc(N[C@H](CCN5CCN(CCP(=O)(OCOC(=O)C(C)(C)C)OCOC(=O)C(C)(C)C)CC5)CSc5ccccc5)c(S(=O)(=O)C(F)(F)F)c4)cc3)CC2)C1. The van der Waals surface area contributed by atoms with E-state index < -0.39 is 76.1 Å². The number of ether oxygens (including phenoxy) is 2. The Hall–Kier alpha value is -4.61. The molecule has 85 heavy (non-hydrogen) atoms. The van der Waals surface area contributed by atoms with Gasteiger partial charge in [0, 0.05) is 110 Å². The summed E-state index contributed by atoms with van der Waals surface area (Å²) in [6.45, 7) is 20.7. The van der Waals surface area contributed by atoms with Gasteiger partial charge >= 0.3 is 25.0 Å². The van der Waals surface area contributed by atoms with Gasteiger partial charge in [0.15, 0.2) is 0 Å². The summed E-state index contributed by atoms with van der Waals surface area (Å²) in [5, 5.41) is 3.89. The Balaban J connectivity index is 0.948. The number of anilines is 2. The molecule has 1 aliphatic carbocycles. The van der Waals surface area contributed by atoms with Crippen molar-refractivity contribution in [2.75, 3.05) is 108 Å². The second kappa shape index (κ2) is 29.6. The Morgan fingerprint density at radius 2 is 1.32 bits per heavy atom. The summed E-state index contributed by atoms with van der Waals surface area (Å²) in [5.41, 5.74) is -1.85. The van der Waals surface area contributed by atoms with Crippen LogP contribution in [0.4, 0.5) is 24.5 Å². The van der Waals surface area contributed by atoms with Crippen molar-refractivity contribution in [3.8, 4) is 0 Å². The molecule has 2 heterocycles. The Labute approximate surface area is 513 Å². The third-order valence-corrected chi connectivity index (χ3v) is 20.5. The van der Waals surface area contributed by atoms with Crippen LogP contribution in [0.25, 0.3) is 5.57 Å². The topological polar surface area (TPSA) is 176 Å². The molecule has 466 valence electrons. The summed E-state index contributed by atoms with van der Waals surface area (Å²) >= 11 is 8.43. The number of piperazine rings is 2. The van der Waals surface area contributed by atoms with E-state index in [1.807, 2.05) is 54.6 Å². The summed E-state index contributed by atoms with van der Waals surface area (Å²) in [6.07, 6.45) is 3.54. The highest BCUT2D eigenvalue weighted by Crippen LogP contribution is 2.48. The fourth-order valence-electron chi connectivity index (χ4n) is 9.91. The monoisotopic (exact) mass is 1280 g/mol. The van der Waals surface area contributed by atoms with Crippen LogP contribution in [0, 0.1) is 16.2 Å². The van der Waals surface area contributed by atoms with E-state index in [4.69, 9.17) is 30.1 Å². The molecule has 2 aliphatic heterocycles. The molecule has 3 aliphatic rings. The molecule has 16 nitrogen and oxygen atoms in total. The minimum Gasteiger partial charge on any atom is -0.438 e. The van der Waals surface area contributed by atoms with E-state index in [0.717, 1.165) is 85.6 Å². The number of hydrogen-bond donors (Lipinski definition) is 2. The van der Waals surface area contributed by atoms with Crippen molar-refractivity contribution < 1.29 is 59.1 Å². The normalized spacial score (nSPS) is 17.3.